The Bertz CT molecular complexity index is 533. The van der Waals surface area contributed by atoms with Crippen molar-refractivity contribution >= 4 is 0 Å². The Morgan fingerprint density at radius 1 is 0.852 bits per heavy atom. The zero-order valence-electron chi connectivity index (χ0n) is 19.2. The first kappa shape index (κ1) is 20.2. The van der Waals surface area contributed by atoms with Crippen LogP contribution in [-0.2, 0) is 4.74 Å². The van der Waals surface area contributed by atoms with Crippen LogP contribution in [0.4, 0.5) is 0 Å². The molecule has 0 aromatic carbocycles. The average Bonchev–Trinajstić information content (AvgIpc) is 2.96. The van der Waals surface area contributed by atoms with Crippen LogP contribution in [0, 0.1) is 46.3 Å². The Labute approximate surface area is 169 Å². The number of hydrogen-bond acceptors (Lipinski definition) is 1. The van der Waals surface area contributed by atoms with E-state index in [4.69, 9.17) is 4.74 Å². The zero-order valence-corrected chi connectivity index (χ0v) is 19.2. The van der Waals surface area contributed by atoms with Crippen LogP contribution < -0.4 is 0 Å². The molecule has 0 bridgehead atoms. The molecule has 0 radical (unpaired) electrons. The van der Waals surface area contributed by atoms with E-state index < -0.39 is 0 Å². The van der Waals surface area contributed by atoms with Crippen molar-refractivity contribution in [2.75, 3.05) is 6.61 Å². The summed E-state index contributed by atoms with van der Waals surface area (Å²) in [6.07, 6.45) is 15.1. The van der Waals surface area contributed by atoms with E-state index in [9.17, 15) is 0 Å². The summed E-state index contributed by atoms with van der Waals surface area (Å²) in [5.74, 6) is 5.70. The number of hydrogen-bond donors (Lipinski definition) is 0. The van der Waals surface area contributed by atoms with Crippen LogP contribution in [0.15, 0.2) is 0 Å². The maximum absolute atomic E-state index is 6.22. The van der Waals surface area contributed by atoms with Crippen LogP contribution in [0.5, 0.6) is 0 Å². The molecule has 4 saturated carbocycles. The van der Waals surface area contributed by atoms with Crippen molar-refractivity contribution in [1.82, 2.24) is 0 Å². The molecule has 0 spiro atoms. The largest absolute Gasteiger partial charge is 0.376 e. The van der Waals surface area contributed by atoms with Gasteiger partial charge in [-0.2, -0.15) is 0 Å². The van der Waals surface area contributed by atoms with Crippen LogP contribution in [0.2, 0.25) is 0 Å². The minimum absolute atomic E-state index is 0.00120. The average molecular weight is 375 g/mol. The molecule has 0 aromatic rings. The third-order valence-corrected chi connectivity index (χ3v) is 10.1. The summed E-state index contributed by atoms with van der Waals surface area (Å²) in [7, 11) is 0. The Morgan fingerprint density at radius 2 is 1.59 bits per heavy atom. The molecule has 0 aromatic heterocycles. The molecule has 156 valence electrons. The lowest BCUT2D eigenvalue weighted by molar-refractivity contribution is -0.119. The third kappa shape index (κ3) is 3.43. The molecule has 4 aliphatic rings. The molecule has 4 rings (SSSR count). The predicted molar refractivity (Wildman–Crippen MR) is 115 cm³/mol. The lowest BCUT2D eigenvalue weighted by atomic mass is 9.44. The summed E-state index contributed by atoms with van der Waals surface area (Å²) < 4.78 is 6.22. The molecule has 27 heavy (non-hydrogen) atoms. The van der Waals surface area contributed by atoms with Gasteiger partial charge >= 0.3 is 0 Å². The van der Waals surface area contributed by atoms with E-state index >= 15 is 0 Å². The first-order chi connectivity index (χ1) is 12.7. The Kier molecular flexibility index (Phi) is 5.27. The van der Waals surface area contributed by atoms with Gasteiger partial charge in [-0.05, 0) is 118 Å². The van der Waals surface area contributed by atoms with E-state index in [0.717, 1.165) is 36.2 Å². The molecule has 1 nitrogen and oxygen atoms in total. The van der Waals surface area contributed by atoms with Gasteiger partial charge in [0.2, 0.25) is 0 Å². The summed E-state index contributed by atoms with van der Waals surface area (Å²) in [6, 6.07) is 0. The fraction of sp³-hybridized carbons (Fsp3) is 1.00. The topological polar surface area (TPSA) is 9.23 Å². The lowest BCUT2D eigenvalue weighted by Gasteiger charge is -2.61. The normalized spacial score (nSPS) is 48.4. The molecule has 0 N–H and O–H groups in total. The summed E-state index contributed by atoms with van der Waals surface area (Å²) in [6.45, 7) is 15.4. The highest BCUT2D eigenvalue weighted by Gasteiger charge is 2.60. The molecule has 4 aliphatic carbocycles. The SMILES string of the molecule is CC(COC(C)(C)C)C1CCC2C3CCC4CCCCC4(C)C3CCC12C. The molecule has 0 saturated heterocycles. The van der Waals surface area contributed by atoms with Crippen molar-refractivity contribution in [2.24, 2.45) is 46.3 Å². The molecule has 1 heteroatoms. The van der Waals surface area contributed by atoms with Gasteiger partial charge in [0, 0.05) is 0 Å². The minimum atomic E-state index is -0.00120. The molecule has 0 heterocycles. The molecule has 0 aliphatic heterocycles. The van der Waals surface area contributed by atoms with Gasteiger partial charge in [-0.3, -0.25) is 0 Å². The first-order valence-corrected chi connectivity index (χ1v) is 12.3. The zero-order chi connectivity index (χ0) is 19.4. The number of fused-ring (bicyclic) bond motifs is 5. The number of rotatable bonds is 3. The molecule has 0 amide bonds. The third-order valence-electron chi connectivity index (χ3n) is 10.1. The van der Waals surface area contributed by atoms with Gasteiger partial charge in [0.25, 0.3) is 0 Å². The highest BCUT2D eigenvalue weighted by molar-refractivity contribution is 5.09. The molecular weight excluding hydrogens is 328 g/mol. The monoisotopic (exact) mass is 374 g/mol. The highest BCUT2D eigenvalue weighted by Crippen LogP contribution is 2.68. The van der Waals surface area contributed by atoms with Gasteiger partial charge in [-0.15, -0.1) is 0 Å². The maximum Gasteiger partial charge on any atom is 0.0598 e. The van der Waals surface area contributed by atoms with Gasteiger partial charge < -0.3 is 4.74 Å². The van der Waals surface area contributed by atoms with Crippen molar-refractivity contribution in [3.63, 3.8) is 0 Å². The molecule has 8 atom stereocenters. The van der Waals surface area contributed by atoms with E-state index in [0.29, 0.717) is 16.7 Å². The molecule has 8 unspecified atom stereocenters. The summed E-state index contributed by atoms with van der Waals surface area (Å²) in [5, 5.41) is 0. The van der Waals surface area contributed by atoms with Crippen LogP contribution in [0.25, 0.3) is 0 Å². The Hall–Kier alpha value is -0.0400. The van der Waals surface area contributed by atoms with Crippen molar-refractivity contribution in [3.05, 3.63) is 0 Å². The van der Waals surface area contributed by atoms with Crippen LogP contribution >= 0.6 is 0 Å². The van der Waals surface area contributed by atoms with Crippen LogP contribution in [0.3, 0.4) is 0 Å². The van der Waals surface area contributed by atoms with Gasteiger partial charge in [-0.1, -0.05) is 33.6 Å². The van der Waals surface area contributed by atoms with Gasteiger partial charge in [0.1, 0.15) is 0 Å². The second kappa shape index (κ2) is 7.03. The van der Waals surface area contributed by atoms with Gasteiger partial charge in [-0.25, -0.2) is 0 Å². The van der Waals surface area contributed by atoms with Crippen LogP contribution in [-0.4, -0.2) is 12.2 Å². The van der Waals surface area contributed by atoms with E-state index in [1.54, 1.807) is 6.42 Å². The van der Waals surface area contributed by atoms with Crippen LogP contribution in [0.1, 0.15) is 106 Å². The van der Waals surface area contributed by atoms with E-state index in [1.807, 2.05) is 0 Å². The lowest BCUT2D eigenvalue weighted by Crippen LogP contribution is -2.53. The standard InChI is InChI=1S/C26H46O/c1-18(17-27-24(2,3)4)21-12-13-22-20-11-10-19-9-7-8-15-25(19,5)23(20)14-16-26(21,22)6/h18-23H,7-17H2,1-6H3. The second-order valence-electron chi connectivity index (χ2n) is 12.5. The van der Waals surface area contributed by atoms with E-state index in [2.05, 4.69) is 41.5 Å². The maximum atomic E-state index is 6.22. The van der Waals surface area contributed by atoms with Gasteiger partial charge in [0.05, 0.1) is 12.2 Å². The predicted octanol–water partition coefficient (Wildman–Crippen LogP) is 7.49. The van der Waals surface area contributed by atoms with Crippen molar-refractivity contribution in [1.29, 1.82) is 0 Å². The van der Waals surface area contributed by atoms with Crippen molar-refractivity contribution in [3.8, 4) is 0 Å². The molecule has 4 fully saturated rings. The minimum Gasteiger partial charge on any atom is -0.376 e. The number of ether oxygens (including phenoxy) is 1. The van der Waals surface area contributed by atoms with E-state index in [-0.39, 0.29) is 5.60 Å². The quantitative estimate of drug-likeness (QED) is 0.497. The molecular formula is C26H46O. The van der Waals surface area contributed by atoms with Crippen molar-refractivity contribution in [2.45, 2.75) is 111 Å². The summed E-state index contributed by atoms with van der Waals surface area (Å²) in [4.78, 5) is 0. The van der Waals surface area contributed by atoms with Crippen molar-refractivity contribution < 1.29 is 4.74 Å². The highest BCUT2D eigenvalue weighted by atomic mass is 16.5. The summed E-state index contributed by atoms with van der Waals surface area (Å²) in [5.41, 5.74) is 1.26. The summed E-state index contributed by atoms with van der Waals surface area (Å²) >= 11 is 0. The second-order valence-corrected chi connectivity index (χ2v) is 12.5. The smallest absolute Gasteiger partial charge is 0.0598 e. The first-order valence-electron chi connectivity index (χ1n) is 12.3. The Balaban J connectivity index is 1.49. The van der Waals surface area contributed by atoms with Gasteiger partial charge in [0.15, 0.2) is 0 Å². The fourth-order valence-corrected chi connectivity index (χ4v) is 8.77. The fourth-order valence-electron chi connectivity index (χ4n) is 8.77. The Morgan fingerprint density at radius 3 is 2.33 bits per heavy atom. The van der Waals surface area contributed by atoms with E-state index in [1.165, 1.54) is 57.8 Å².